The summed E-state index contributed by atoms with van der Waals surface area (Å²) in [5.41, 5.74) is 0. The van der Waals surface area contributed by atoms with E-state index in [1.54, 1.807) is 0 Å². The molecule has 0 radical (unpaired) electrons. The topological polar surface area (TPSA) is 69.7 Å². The van der Waals surface area contributed by atoms with Gasteiger partial charge in [0.25, 0.3) is 0 Å². The van der Waals surface area contributed by atoms with Crippen LogP contribution < -0.4 is 15.5 Å². The highest BCUT2D eigenvalue weighted by atomic mass is 16.5. The van der Waals surface area contributed by atoms with Crippen LogP contribution in [0.15, 0.2) is 24.4 Å². The third kappa shape index (κ3) is 5.57. The molecule has 0 aliphatic carbocycles. The summed E-state index contributed by atoms with van der Waals surface area (Å²) >= 11 is 0. The summed E-state index contributed by atoms with van der Waals surface area (Å²) in [6, 6.07) is 6.28. The molecule has 0 bridgehead atoms. The molecule has 2 fully saturated rings. The molecule has 0 unspecified atom stereocenters. The molecule has 7 heteroatoms. The first-order chi connectivity index (χ1) is 12.2. The molecular formula is C18H29N5O2. The molecular weight excluding hydrogens is 318 g/mol. The minimum Gasteiger partial charge on any atom is -0.379 e. The number of piperidine rings is 1. The fourth-order valence-electron chi connectivity index (χ4n) is 3.46. The van der Waals surface area contributed by atoms with Crippen molar-refractivity contribution < 1.29 is 9.53 Å². The SMILES string of the molecule is C[C@H](CN1CCOCC1)NC(=O)NC1CCN(c2ccccn2)CC1. The van der Waals surface area contributed by atoms with Crippen LogP contribution in [0, 0.1) is 0 Å². The number of nitrogens with one attached hydrogen (secondary N) is 2. The number of aromatic nitrogens is 1. The van der Waals surface area contributed by atoms with Crippen LogP contribution in [0.5, 0.6) is 0 Å². The van der Waals surface area contributed by atoms with E-state index >= 15 is 0 Å². The summed E-state index contributed by atoms with van der Waals surface area (Å²) in [7, 11) is 0. The Morgan fingerprint density at radius 2 is 2.04 bits per heavy atom. The molecule has 0 saturated carbocycles. The largest absolute Gasteiger partial charge is 0.379 e. The molecule has 7 nitrogen and oxygen atoms in total. The number of rotatable bonds is 5. The molecule has 0 spiro atoms. The number of ether oxygens (including phenoxy) is 1. The quantitative estimate of drug-likeness (QED) is 0.834. The summed E-state index contributed by atoms with van der Waals surface area (Å²) in [6.45, 7) is 8.23. The Hall–Kier alpha value is -1.86. The number of pyridine rings is 1. The molecule has 1 aromatic heterocycles. The number of urea groups is 1. The third-order valence-corrected chi connectivity index (χ3v) is 4.82. The van der Waals surface area contributed by atoms with Crippen LogP contribution >= 0.6 is 0 Å². The van der Waals surface area contributed by atoms with Crippen molar-refractivity contribution in [1.29, 1.82) is 0 Å². The van der Waals surface area contributed by atoms with Crippen molar-refractivity contribution in [3.05, 3.63) is 24.4 Å². The molecule has 0 aromatic carbocycles. The first-order valence-corrected chi connectivity index (χ1v) is 9.24. The van der Waals surface area contributed by atoms with Crippen LogP contribution in [0.3, 0.4) is 0 Å². The summed E-state index contributed by atoms with van der Waals surface area (Å²) in [4.78, 5) is 21.2. The molecule has 138 valence electrons. The Morgan fingerprint density at radius 3 is 2.72 bits per heavy atom. The first-order valence-electron chi connectivity index (χ1n) is 9.24. The summed E-state index contributed by atoms with van der Waals surface area (Å²) < 4.78 is 5.35. The van der Waals surface area contributed by atoms with E-state index in [4.69, 9.17) is 4.74 Å². The van der Waals surface area contributed by atoms with Crippen molar-refractivity contribution in [3.8, 4) is 0 Å². The van der Waals surface area contributed by atoms with Crippen molar-refractivity contribution in [2.75, 3.05) is 50.8 Å². The van der Waals surface area contributed by atoms with Crippen molar-refractivity contribution in [1.82, 2.24) is 20.5 Å². The zero-order chi connectivity index (χ0) is 17.5. The van der Waals surface area contributed by atoms with Gasteiger partial charge in [-0.25, -0.2) is 9.78 Å². The minimum atomic E-state index is -0.0583. The third-order valence-electron chi connectivity index (χ3n) is 4.82. The van der Waals surface area contributed by atoms with Crippen molar-refractivity contribution in [2.24, 2.45) is 0 Å². The van der Waals surface area contributed by atoms with Gasteiger partial charge < -0.3 is 20.3 Å². The van der Waals surface area contributed by atoms with Crippen LogP contribution in [0.25, 0.3) is 0 Å². The van der Waals surface area contributed by atoms with Crippen molar-refractivity contribution >= 4 is 11.8 Å². The lowest BCUT2D eigenvalue weighted by atomic mass is 10.1. The smallest absolute Gasteiger partial charge is 0.315 e. The predicted molar refractivity (Wildman–Crippen MR) is 97.9 cm³/mol. The van der Waals surface area contributed by atoms with Gasteiger partial charge in [-0.15, -0.1) is 0 Å². The van der Waals surface area contributed by atoms with Crippen molar-refractivity contribution in [3.63, 3.8) is 0 Å². The van der Waals surface area contributed by atoms with E-state index in [1.807, 2.05) is 24.4 Å². The van der Waals surface area contributed by atoms with Crippen LogP contribution in [0.2, 0.25) is 0 Å². The van der Waals surface area contributed by atoms with E-state index in [9.17, 15) is 4.79 Å². The fraction of sp³-hybridized carbons (Fsp3) is 0.667. The van der Waals surface area contributed by atoms with Crippen LogP contribution in [0.4, 0.5) is 10.6 Å². The normalized spacial score (nSPS) is 20.9. The van der Waals surface area contributed by atoms with E-state index in [1.165, 1.54) is 0 Å². The zero-order valence-corrected chi connectivity index (χ0v) is 15.0. The maximum atomic E-state index is 12.2. The molecule has 25 heavy (non-hydrogen) atoms. The van der Waals surface area contributed by atoms with Gasteiger partial charge in [-0.05, 0) is 31.9 Å². The van der Waals surface area contributed by atoms with Gasteiger partial charge in [-0.3, -0.25) is 4.90 Å². The Balaban J connectivity index is 1.36. The Morgan fingerprint density at radius 1 is 1.28 bits per heavy atom. The van der Waals surface area contributed by atoms with Crippen LogP contribution in [-0.2, 0) is 4.74 Å². The Kier molecular flexibility index (Phi) is 6.47. The number of anilines is 1. The number of amides is 2. The van der Waals surface area contributed by atoms with Gasteiger partial charge in [0, 0.05) is 51.0 Å². The highest BCUT2D eigenvalue weighted by molar-refractivity contribution is 5.74. The lowest BCUT2D eigenvalue weighted by molar-refractivity contribution is 0.0349. The second kappa shape index (κ2) is 9.01. The van der Waals surface area contributed by atoms with Gasteiger partial charge in [0.05, 0.1) is 13.2 Å². The van der Waals surface area contributed by atoms with E-state index in [2.05, 4.69) is 32.3 Å². The molecule has 2 saturated heterocycles. The lowest BCUT2D eigenvalue weighted by Crippen LogP contribution is -2.52. The van der Waals surface area contributed by atoms with E-state index in [0.29, 0.717) is 0 Å². The minimum absolute atomic E-state index is 0.0583. The second-order valence-corrected chi connectivity index (χ2v) is 6.88. The average Bonchev–Trinajstić information content (AvgIpc) is 2.63. The average molecular weight is 347 g/mol. The highest BCUT2D eigenvalue weighted by Crippen LogP contribution is 2.17. The molecule has 1 atom stereocenters. The molecule has 2 amide bonds. The lowest BCUT2D eigenvalue weighted by Gasteiger charge is -2.33. The second-order valence-electron chi connectivity index (χ2n) is 6.88. The summed E-state index contributed by atoms with van der Waals surface area (Å²) in [5, 5.41) is 6.18. The monoisotopic (exact) mass is 347 g/mol. The van der Waals surface area contributed by atoms with Crippen LogP contribution in [-0.4, -0.2) is 73.9 Å². The number of nitrogens with zero attached hydrogens (tertiary/aromatic N) is 3. The molecule has 2 N–H and O–H groups in total. The standard InChI is InChI=1S/C18H29N5O2/c1-15(14-22-10-12-25-13-11-22)20-18(24)21-16-5-8-23(9-6-16)17-4-2-3-7-19-17/h2-4,7,15-16H,5-6,8-14H2,1H3,(H2,20,21,24)/t15-/m1/s1. The maximum absolute atomic E-state index is 12.2. The van der Waals surface area contributed by atoms with E-state index in [-0.39, 0.29) is 18.1 Å². The maximum Gasteiger partial charge on any atom is 0.315 e. The van der Waals surface area contributed by atoms with Crippen LogP contribution in [0.1, 0.15) is 19.8 Å². The number of morpholine rings is 1. The number of carbonyl (C=O) groups is 1. The van der Waals surface area contributed by atoms with E-state index < -0.39 is 0 Å². The predicted octanol–water partition coefficient (Wildman–Crippen LogP) is 1.07. The Labute approximate surface area is 149 Å². The first kappa shape index (κ1) is 17.9. The summed E-state index contributed by atoms with van der Waals surface area (Å²) in [5.74, 6) is 1.02. The van der Waals surface area contributed by atoms with Gasteiger partial charge in [-0.1, -0.05) is 6.07 Å². The zero-order valence-electron chi connectivity index (χ0n) is 15.0. The molecule has 2 aliphatic heterocycles. The highest BCUT2D eigenvalue weighted by Gasteiger charge is 2.22. The van der Waals surface area contributed by atoms with Gasteiger partial charge in [0.15, 0.2) is 0 Å². The van der Waals surface area contributed by atoms with Gasteiger partial charge in [0.2, 0.25) is 0 Å². The van der Waals surface area contributed by atoms with Crippen molar-refractivity contribution in [2.45, 2.75) is 31.8 Å². The summed E-state index contributed by atoms with van der Waals surface area (Å²) in [6.07, 6.45) is 3.71. The number of hydrogen-bond acceptors (Lipinski definition) is 5. The number of hydrogen-bond donors (Lipinski definition) is 2. The number of carbonyl (C=O) groups excluding carboxylic acids is 1. The molecule has 3 heterocycles. The Bertz CT molecular complexity index is 528. The fourth-order valence-corrected chi connectivity index (χ4v) is 3.46. The van der Waals surface area contributed by atoms with Gasteiger partial charge in [0.1, 0.15) is 5.82 Å². The molecule has 3 rings (SSSR count). The molecule has 1 aromatic rings. The van der Waals surface area contributed by atoms with E-state index in [0.717, 1.165) is 64.6 Å². The van der Waals surface area contributed by atoms with Gasteiger partial charge >= 0.3 is 6.03 Å². The molecule has 2 aliphatic rings. The van der Waals surface area contributed by atoms with Gasteiger partial charge in [-0.2, -0.15) is 0 Å².